The zero-order valence-electron chi connectivity index (χ0n) is 9.28. The van der Waals surface area contributed by atoms with Gasteiger partial charge in [0.2, 0.25) is 0 Å². The van der Waals surface area contributed by atoms with Crippen LogP contribution in [0.3, 0.4) is 0 Å². The van der Waals surface area contributed by atoms with E-state index in [-0.39, 0.29) is 12.3 Å². The van der Waals surface area contributed by atoms with Crippen molar-refractivity contribution in [3.8, 4) is 11.3 Å². The van der Waals surface area contributed by atoms with Gasteiger partial charge in [-0.25, -0.2) is 0 Å². The zero-order chi connectivity index (χ0) is 13.2. The van der Waals surface area contributed by atoms with Gasteiger partial charge in [0.15, 0.2) is 0 Å². The number of hydrogen-bond donors (Lipinski definition) is 1. The van der Waals surface area contributed by atoms with E-state index in [4.69, 9.17) is 5.11 Å². The fraction of sp³-hybridized carbons (Fsp3) is 0.154. The molecule has 0 spiro atoms. The first-order chi connectivity index (χ1) is 8.50. The summed E-state index contributed by atoms with van der Waals surface area (Å²) in [6, 6.07) is 8.56. The van der Waals surface area contributed by atoms with Gasteiger partial charge in [0, 0.05) is 11.8 Å². The van der Waals surface area contributed by atoms with Gasteiger partial charge in [-0.1, -0.05) is 18.2 Å². The molecule has 0 saturated heterocycles. The van der Waals surface area contributed by atoms with Crippen molar-refractivity contribution in [1.29, 1.82) is 0 Å². The molecule has 0 unspecified atom stereocenters. The molecule has 0 aliphatic rings. The van der Waals surface area contributed by atoms with E-state index in [1.54, 1.807) is 24.3 Å². The number of nitrogens with zero attached hydrogens (tertiary/aromatic N) is 1. The molecule has 2 aromatic rings. The van der Waals surface area contributed by atoms with Crippen LogP contribution >= 0.6 is 0 Å². The number of alkyl halides is 3. The van der Waals surface area contributed by atoms with Crippen LogP contribution in [-0.2, 0) is 12.8 Å². The number of aromatic nitrogens is 1. The second-order valence-corrected chi connectivity index (χ2v) is 3.79. The van der Waals surface area contributed by atoms with Crippen molar-refractivity contribution in [3.05, 3.63) is 53.7 Å². The molecule has 0 fully saturated rings. The Morgan fingerprint density at radius 2 is 1.89 bits per heavy atom. The molecule has 1 heterocycles. The maximum absolute atomic E-state index is 12.6. The number of aliphatic hydroxyl groups excluding tert-OH is 1. The minimum atomic E-state index is -4.38. The monoisotopic (exact) mass is 253 g/mol. The lowest BCUT2D eigenvalue weighted by atomic mass is 10.1. The molecule has 1 aromatic heterocycles. The van der Waals surface area contributed by atoms with Gasteiger partial charge in [-0.05, 0) is 23.8 Å². The Balaban J connectivity index is 2.44. The molecule has 0 aliphatic heterocycles. The van der Waals surface area contributed by atoms with Gasteiger partial charge in [0.25, 0.3) is 0 Å². The third-order valence-corrected chi connectivity index (χ3v) is 2.49. The molecular formula is C13H10F3NO. The highest BCUT2D eigenvalue weighted by Gasteiger charge is 2.30. The summed E-state index contributed by atoms with van der Waals surface area (Å²) >= 11 is 0. The summed E-state index contributed by atoms with van der Waals surface area (Å²) in [6.07, 6.45) is -3.25. The molecule has 5 heteroatoms. The average molecular weight is 253 g/mol. The lowest BCUT2D eigenvalue weighted by molar-refractivity contribution is -0.137. The summed E-state index contributed by atoms with van der Waals surface area (Å²) in [5.74, 6) is 0. The molecule has 0 amide bonds. The third-order valence-electron chi connectivity index (χ3n) is 2.49. The van der Waals surface area contributed by atoms with Crippen LogP contribution in [-0.4, -0.2) is 10.1 Å². The van der Waals surface area contributed by atoms with Crippen molar-refractivity contribution >= 4 is 0 Å². The largest absolute Gasteiger partial charge is 0.416 e. The van der Waals surface area contributed by atoms with Crippen molar-refractivity contribution in [2.75, 3.05) is 0 Å². The summed E-state index contributed by atoms with van der Waals surface area (Å²) in [5.41, 5.74) is 0.682. The van der Waals surface area contributed by atoms with Crippen LogP contribution in [0.2, 0.25) is 0 Å². The highest BCUT2D eigenvalue weighted by atomic mass is 19.4. The van der Waals surface area contributed by atoms with Gasteiger partial charge in [-0.15, -0.1) is 0 Å². The molecule has 94 valence electrons. The Morgan fingerprint density at radius 1 is 1.11 bits per heavy atom. The summed E-state index contributed by atoms with van der Waals surface area (Å²) in [7, 11) is 0. The van der Waals surface area contributed by atoms with Crippen LogP contribution in [0.15, 0.2) is 42.6 Å². The first-order valence-corrected chi connectivity index (χ1v) is 5.24. The quantitative estimate of drug-likeness (QED) is 0.891. The van der Waals surface area contributed by atoms with E-state index in [9.17, 15) is 13.2 Å². The van der Waals surface area contributed by atoms with E-state index in [0.29, 0.717) is 11.1 Å². The van der Waals surface area contributed by atoms with Crippen LogP contribution in [0.25, 0.3) is 11.3 Å². The molecule has 0 aliphatic carbocycles. The summed E-state index contributed by atoms with van der Waals surface area (Å²) < 4.78 is 37.7. The first-order valence-electron chi connectivity index (χ1n) is 5.24. The molecule has 2 nitrogen and oxygen atoms in total. The standard InChI is InChI=1S/C13H10F3NO/c14-13(15,16)11-4-5-17-12(7-11)10-3-1-2-9(6-10)8-18/h1-7,18H,8H2. The minimum absolute atomic E-state index is 0.160. The Labute approximate surface area is 102 Å². The van der Waals surface area contributed by atoms with E-state index in [0.717, 1.165) is 18.3 Å². The van der Waals surface area contributed by atoms with Gasteiger partial charge in [0.1, 0.15) is 0 Å². The van der Waals surface area contributed by atoms with E-state index < -0.39 is 11.7 Å². The van der Waals surface area contributed by atoms with Crippen LogP contribution in [0.4, 0.5) is 13.2 Å². The lowest BCUT2D eigenvalue weighted by Gasteiger charge is -2.08. The Bertz CT molecular complexity index is 552. The number of hydrogen-bond acceptors (Lipinski definition) is 2. The predicted molar refractivity (Wildman–Crippen MR) is 60.6 cm³/mol. The van der Waals surface area contributed by atoms with Crippen molar-refractivity contribution in [1.82, 2.24) is 4.98 Å². The summed E-state index contributed by atoms with van der Waals surface area (Å²) in [4.78, 5) is 3.92. The normalized spacial score (nSPS) is 11.6. The predicted octanol–water partition coefficient (Wildman–Crippen LogP) is 3.26. The Hall–Kier alpha value is -1.88. The number of halogens is 3. The molecule has 1 aromatic carbocycles. The van der Waals surface area contributed by atoms with Crippen molar-refractivity contribution in [2.45, 2.75) is 12.8 Å². The van der Waals surface area contributed by atoms with Crippen LogP contribution < -0.4 is 0 Å². The van der Waals surface area contributed by atoms with Crippen LogP contribution in [0.1, 0.15) is 11.1 Å². The van der Waals surface area contributed by atoms with Gasteiger partial charge in [-0.2, -0.15) is 13.2 Å². The second-order valence-electron chi connectivity index (χ2n) is 3.79. The van der Waals surface area contributed by atoms with Crippen molar-refractivity contribution < 1.29 is 18.3 Å². The number of aliphatic hydroxyl groups is 1. The third kappa shape index (κ3) is 2.68. The van der Waals surface area contributed by atoms with Gasteiger partial charge in [0.05, 0.1) is 17.9 Å². The molecular weight excluding hydrogens is 243 g/mol. The highest BCUT2D eigenvalue weighted by Crippen LogP contribution is 2.31. The SMILES string of the molecule is OCc1cccc(-c2cc(C(F)(F)F)ccn2)c1. The second kappa shape index (κ2) is 4.78. The van der Waals surface area contributed by atoms with Gasteiger partial charge in [-0.3, -0.25) is 4.98 Å². The summed E-state index contributed by atoms with van der Waals surface area (Å²) in [5, 5.41) is 8.99. The minimum Gasteiger partial charge on any atom is -0.392 e. The highest BCUT2D eigenvalue weighted by molar-refractivity contribution is 5.60. The molecule has 0 atom stereocenters. The van der Waals surface area contributed by atoms with Crippen molar-refractivity contribution in [3.63, 3.8) is 0 Å². The smallest absolute Gasteiger partial charge is 0.392 e. The molecule has 2 rings (SSSR count). The van der Waals surface area contributed by atoms with Crippen molar-refractivity contribution in [2.24, 2.45) is 0 Å². The number of pyridine rings is 1. The average Bonchev–Trinajstić information content (AvgIpc) is 2.38. The zero-order valence-corrected chi connectivity index (χ0v) is 9.28. The topological polar surface area (TPSA) is 33.1 Å². The fourth-order valence-corrected chi connectivity index (χ4v) is 1.59. The Kier molecular flexibility index (Phi) is 3.34. The fourth-order valence-electron chi connectivity index (χ4n) is 1.59. The van der Waals surface area contributed by atoms with E-state index in [2.05, 4.69) is 4.98 Å². The lowest BCUT2D eigenvalue weighted by Crippen LogP contribution is -2.05. The summed E-state index contributed by atoms with van der Waals surface area (Å²) in [6.45, 7) is -0.160. The number of rotatable bonds is 2. The molecule has 18 heavy (non-hydrogen) atoms. The molecule has 1 N–H and O–H groups in total. The van der Waals surface area contributed by atoms with E-state index in [1.165, 1.54) is 0 Å². The molecule has 0 bridgehead atoms. The Morgan fingerprint density at radius 3 is 2.56 bits per heavy atom. The maximum atomic E-state index is 12.6. The number of benzene rings is 1. The molecule has 0 saturated carbocycles. The van der Waals surface area contributed by atoms with Gasteiger partial charge < -0.3 is 5.11 Å². The van der Waals surface area contributed by atoms with Gasteiger partial charge >= 0.3 is 6.18 Å². The van der Waals surface area contributed by atoms with Crippen LogP contribution in [0.5, 0.6) is 0 Å². The first kappa shape index (κ1) is 12.6. The molecule has 0 radical (unpaired) electrons. The van der Waals surface area contributed by atoms with E-state index >= 15 is 0 Å². The van der Waals surface area contributed by atoms with Crippen LogP contribution in [0, 0.1) is 0 Å². The van der Waals surface area contributed by atoms with E-state index in [1.807, 2.05) is 0 Å². The maximum Gasteiger partial charge on any atom is 0.416 e.